The number of aromatic nitrogens is 2. The van der Waals surface area contributed by atoms with Gasteiger partial charge in [-0.3, -0.25) is 4.98 Å². The fourth-order valence-electron chi connectivity index (χ4n) is 4.89. The lowest BCUT2D eigenvalue weighted by Crippen LogP contribution is -2.68. The highest BCUT2D eigenvalue weighted by atomic mass is 28.4. The van der Waals surface area contributed by atoms with Crippen LogP contribution in [0.25, 0.3) is 0 Å². The van der Waals surface area contributed by atoms with Crippen LogP contribution in [0.2, 0.25) is 5.04 Å². The van der Waals surface area contributed by atoms with E-state index in [2.05, 4.69) is 36.1 Å². The molecule has 1 aliphatic heterocycles. The molecule has 1 aromatic heterocycles. The predicted octanol–water partition coefficient (Wildman–Crippen LogP) is 2.97. The topological polar surface area (TPSA) is 96.7 Å². The molecule has 11 heteroatoms. The smallest absolute Gasteiger partial charge is 0.405 e. The third-order valence-corrected chi connectivity index (χ3v) is 11.8. The average molecular weight is 548 g/mol. The summed E-state index contributed by atoms with van der Waals surface area (Å²) in [5, 5.41) is 26.3. The summed E-state index contributed by atoms with van der Waals surface area (Å²) in [5.41, 5.74) is -1.16. The second-order valence-corrected chi connectivity index (χ2v) is 14.7. The number of benzene rings is 2. The second kappa shape index (κ2) is 11.1. The van der Waals surface area contributed by atoms with E-state index in [4.69, 9.17) is 9.16 Å². The first-order chi connectivity index (χ1) is 17.9. The summed E-state index contributed by atoms with van der Waals surface area (Å²) < 4.78 is 51.7. The molecule has 38 heavy (non-hydrogen) atoms. The molecule has 7 nitrogen and oxygen atoms in total. The molecule has 4 atom stereocenters. The van der Waals surface area contributed by atoms with E-state index in [1.807, 2.05) is 60.7 Å². The van der Waals surface area contributed by atoms with Crippen molar-refractivity contribution in [1.82, 2.24) is 9.97 Å². The number of halogens is 3. The zero-order valence-corrected chi connectivity index (χ0v) is 22.4. The van der Waals surface area contributed by atoms with Crippen LogP contribution in [0.1, 0.15) is 26.5 Å². The maximum atomic E-state index is 13.0. The minimum atomic E-state index is -4.66. The Morgan fingerprint density at radius 2 is 1.53 bits per heavy atom. The Hall–Kier alpha value is -2.83. The van der Waals surface area contributed by atoms with Crippen molar-refractivity contribution in [3.63, 3.8) is 0 Å². The summed E-state index contributed by atoms with van der Waals surface area (Å²) in [6.07, 6.45) is -6.46. The van der Waals surface area contributed by atoms with E-state index in [1.54, 1.807) is 0 Å². The Bertz CT molecular complexity index is 1160. The molecule has 1 saturated heterocycles. The number of aliphatic hydroxyl groups is 2. The summed E-state index contributed by atoms with van der Waals surface area (Å²) in [6, 6.07) is 19.1. The number of nitrogens with one attached hydrogen (secondary N) is 1. The summed E-state index contributed by atoms with van der Waals surface area (Å²) in [4.78, 5) is 7.08. The summed E-state index contributed by atoms with van der Waals surface area (Å²) in [6.45, 7) is 6.32. The van der Waals surface area contributed by atoms with Gasteiger partial charge in [-0.25, -0.2) is 4.98 Å². The van der Waals surface area contributed by atoms with E-state index < -0.39 is 44.5 Å². The molecular weight excluding hydrogens is 515 g/mol. The second-order valence-electron chi connectivity index (χ2n) is 10.4. The lowest BCUT2D eigenvalue weighted by molar-refractivity contribution is -0.151. The van der Waals surface area contributed by atoms with Crippen molar-refractivity contribution in [2.45, 2.75) is 56.3 Å². The van der Waals surface area contributed by atoms with Crippen molar-refractivity contribution in [3.05, 3.63) is 78.8 Å². The number of anilines is 1. The van der Waals surface area contributed by atoms with Gasteiger partial charge < -0.3 is 24.7 Å². The van der Waals surface area contributed by atoms with Gasteiger partial charge >= 0.3 is 6.18 Å². The van der Waals surface area contributed by atoms with E-state index in [9.17, 15) is 23.4 Å². The normalized spacial score (nSPS) is 22.7. The van der Waals surface area contributed by atoms with Gasteiger partial charge in [0.15, 0.2) is 5.69 Å². The predicted molar refractivity (Wildman–Crippen MR) is 140 cm³/mol. The van der Waals surface area contributed by atoms with Gasteiger partial charge in [0.05, 0.1) is 31.6 Å². The van der Waals surface area contributed by atoms with Crippen LogP contribution in [0.5, 0.6) is 0 Å². The third kappa shape index (κ3) is 5.76. The largest absolute Gasteiger partial charge is 0.434 e. The fraction of sp³-hybridized carbons (Fsp3) is 0.407. The number of hydrogen-bond acceptors (Lipinski definition) is 7. The first kappa shape index (κ1) is 28.2. The van der Waals surface area contributed by atoms with Crippen LogP contribution in [0, 0.1) is 0 Å². The molecule has 0 bridgehead atoms. The van der Waals surface area contributed by atoms with Crippen LogP contribution in [0.15, 0.2) is 73.1 Å². The van der Waals surface area contributed by atoms with Crippen LogP contribution >= 0.6 is 0 Å². The lowest BCUT2D eigenvalue weighted by atomic mass is 9.98. The molecular formula is C27H32F3N3O4Si. The van der Waals surface area contributed by atoms with Gasteiger partial charge in [0.1, 0.15) is 24.1 Å². The zero-order chi connectivity index (χ0) is 27.6. The molecule has 204 valence electrons. The molecule has 0 saturated carbocycles. The van der Waals surface area contributed by atoms with Gasteiger partial charge in [-0.1, -0.05) is 81.4 Å². The van der Waals surface area contributed by atoms with E-state index in [0.29, 0.717) is 6.20 Å². The molecule has 3 aromatic rings. The number of hydrogen-bond donors (Lipinski definition) is 3. The Balaban J connectivity index is 1.53. The fourth-order valence-corrected chi connectivity index (χ4v) is 9.46. The maximum absolute atomic E-state index is 13.0. The molecule has 1 aliphatic rings. The first-order valence-corrected chi connectivity index (χ1v) is 14.2. The van der Waals surface area contributed by atoms with Gasteiger partial charge in [0, 0.05) is 0 Å². The average Bonchev–Trinajstić information content (AvgIpc) is 2.88. The van der Waals surface area contributed by atoms with Crippen LogP contribution in [-0.4, -0.2) is 66.1 Å². The third-order valence-electron chi connectivity index (χ3n) is 6.77. The quantitative estimate of drug-likeness (QED) is 0.392. The molecule has 2 aromatic carbocycles. The molecule has 0 spiro atoms. The lowest BCUT2D eigenvalue weighted by Gasteiger charge is -2.45. The molecule has 0 aliphatic carbocycles. The van der Waals surface area contributed by atoms with Crippen molar-refractivity contribution < 1.29 is 32.5 Å². The minimum Gasteiger partial charge on any atom is -0.405 e. The van der Waals surface area contributed by atoms with E-state index in [1.165, 1.54) is 0 Å². The summed E-state index contributed by atoms with van der Waals surface area (Å²) in [5.74, 6) is -0.179. The Labute approximate surface area is 220 Å². The minimum absolute atomic E-state index is 0.0155. The highest BCUT2D eigenvalue weighted by Gasteiger charge is 2.51. The van der Waals surface area contributed by atoms with Crippen LogP contribution in [0.3, 0.4) is 0 Å². The molecule has 2 heterocycles. The Morgan fingerprint density at radius 1 is 0.947 bits per heavy atom. The molecule has 3 unspecified atom stereocenters. The van der Waals surface area contributed by atoms with Gasteiger partial charge in [-0.15, -0.1) is 0 Å². The highest BCUT2D eigenvalue weighted by Crippen LogP contribution is 2.37. The SMILES string of the molecule is CC(C)(C)[Si](OC[C@@H]1OCC(Nc2cncc(C(F)(F)F)n2)C(O)C1O)(c1ccccc1)c1ccccc1. The number of rotatable bonds is 7. The van der Waals surface area contributed by atoms with Crippen LogP contribution < -0.4 is 15.7 Å². The molecule has 3 N–H and O–H groups in total. The van der Waals surface area contributed by atoms with Crippen molar-refractivity contribution >= 4 is 24.5 Å². The van der Waals surface area contributed by atoms with Crippen molar-refractivity contribution in [2.75, 3.05) is 18.5 Å². The molecule has 1 fully saturated rings. The van der Waals surface area contributed by atoms with Crippen molar-refractivity contribution in [3.8, 4) is 0 Å². The van der Waals surface area contributed by atoms with Crippen molar-refractivity contribution in [2.24, 2.45) is 0 Å². The van der Waals surface area contributed by atoms with Gasteiger partial charge in [0.25, 0.3) is 8.32 Å². The molecule has 0 radical (unpaired) electrons. The number of alkyl halides is 3. The van der Waals surface area contributed by atoms with E-state index in [-0.39, 0.29) is 24.1 Å². The number of nitrogens with zero attached hydrogens (tertiary/aromatic N) is 2. The van der Waals surface area contributed by atoms with Gasteiger partial charge in [0.2, 0.25) is 0 Å². The number of aliphatic hydroxyl groups excluding tert-OH is 2. The highest BCUT2D eigenvalue weighted by molar-refractivity contribution is 6.99. The summed E-state index contributed by atoms with van der Waals surface area (Å²) >= 11 is 0. The monoisotopic (exact) mass is 547 g/mol. The Kier molecular flexibility index (Phi) is 8.24. The maximum Gasteiger partial charge on any atom is 0.434 e. The zero-order valence-electron chi connectivity index (χ0n) is 21.4. The molecule has 4 rings (SSSR count). The van der Waals surface area contributed by atoms with E-state index in [0.717, 1.165) is 16.6 Å². The summed E-state index contributed by atoms with van der Waals surface area (Å²) in [7, 11) is -2.90. The molecule has 0 amide bonds. The van der Waals surface area contributed by atoms with Gasteiger partial charge in [-0.05, 0) is 15.4 Å². The van der Waals surface area contributed by atoms with Crippen molar-refractivity contribution in [1.29, 1.82) is 0 Å². The Morgan fingerprint density at radius 3 is 2.05 bits per heavy atom. The van der Waals surface area contributed by atoms with Gasteiger partial charge in [-0.2, -0.15) is 13.2 Å². The number of ether oxygens (including phenoxy) is 1. The standard InChI is InChI=1S/C27H32F3N3O4Si/c1-26(2,3)38(18-10-6-4-7-11-18,19-12-8-5-9-13-19)37-17-21-25(35)24(34)20(16-36-21)32-23-15-31-14-22(33-23)27(28,29)30/h4-15,20-21,24-25,34-35H,16-17H2,1-3H3,(H,32,33)/t20?,21-,24?,25?/m0/s1. The van der Waals surface area contributed by atoms with Crippen LogP contribution in [-0.2, 0) is 15.3 Å². The van der Waals surface area contributed by atoms with E-state index >= 15 is 0 Å². The van der Waals surface area contributed by atoms with Crippen LogP contribution in [0.4, 0.5) is 19.0 Å². The first-order valence-electron chi connectivity index (χ1n) is 12.3.